The summed E-state index contributed by atoms with van der Waals surface area (Å²) in [5.74, 6) is -2.85. The van der Waals surface area contributed by atoms with Gasteiger partial charge in [-0.05, 0) is 49.9 Å². The van der Waals surface area contributed by atoms with Gasteiger partial charge in [0.05, 0.1) is 13.2 Å². The molecule has 0 saturated heterocycles. The summed E-state index contributed by atoms with van der Waals surface area (Å²) in [6.07, 6.45) is 3.77. The summed E-state index contributed by atoms with van der Waals surface area (Å²) in [5, 5.41) is 17.0. The van der Waals surface area contributed by atoms with E-state index in [0.29, 0.717) is 38.5 Å². The van der Waals surface area contributed by atoms with Crippen LogP contribution in [0.4, 0.5) is 0 Å². The van der Waals surface area contributed by atoms with E-state index < -0.39 is 23.8 Å². The lowest BCUT2D eigenvalue weighted by atomic mass is 10.1. The molecule has 0 radical (unpaired) electrons. The fourth-order valence-electron chi connectivity index (χ4n) is 2.34. The Morgan fingerprint density at radius 3 is 1.34 bits per heavy atom. The van der Waals surface area contributed by atoms with Crippen LogP contribution in [-0.2, 0) is 29.3 Å². The molecule has 0 spiro atoms. The number of hydrogen-bond acceptors (Lipinski definition) is 8. The van der Waals surface area contributed by atoms with Crippen LogP contribution in [0, 0.1) is 0 Å². The third-order valence-corrected chi connectivity index (χ3v) is 4.03. The highest BCUT2D eigenvalue weighted by Gasteiger charge is 2.10. The molecule has 0 fully saturated rings. The Balaban J connectivity index is 2.15. The predicted octanol–water partition coefficient (Wildman–Crippen LogP) is 2.16. The van der Waals surface area contributed by atoms with Crippen LogP contribution in [-0.4, -0.2) is 47.2 Å². The van der Waals surface area contributed by atoms with Gasteiger partial charge in [0.15, 0.2) is 0 Å². The average molecular weight is 456 g/mol. The molecule has 1 aromatic rings. The van der Waals surface area contributed by atoms with Crippen molar-refractivity contribution in [3.8, 4) is 0 Å². The molecule has 178 valence electrons. The maximum absolute atomic E-state index is 11.9. The number of nitrogens with one attached hydrogen (secondary N) is 2. The zero-order chi connectivity index (χ0) is 23.6. The Morgan fingerprint density at radius 1 is 0.625 bits per heavy atom. The Morgan fingerprint density at radius 2 is 1.00 bits per heavy atom. The molecule has 0 bridgehead atoms. The van der Waals surface area contributed by atoms with E-state index in [0.717, 1.165) is 0 Å². The quantitative estimate of drug-likeness (QED) is 0.146. The van der Waals surface area contributed by atoms with Gasteiger partial charge in [-0.3, -0.25) is 19.2 Å². The maximum Gasteiger partial charge on any atom is 0.303 e. The minimum Gasteiger partial charge on any atom is -0.481 e. The van der Waals surface area contributed by atoms with Crippen LogP contribution in [0.1, 0.15) is 72.1 Å². The Hall–Kier alpha value is -3.06. The second-order valence-electron chi connectivity index (χ2n) is 6.66. The average Bonchev–Trinajstić information content (AvgIpc) is 2.76. The zero-order valence-corrected chi connectivity index (χ0v) is 17.5. The Kier molecular flexibility index (Phi) is 14.0. The summed E-state index contributed by atoms with van der Waals surface area (Å²) in [4.78, 5) is 63.4. The smallest absolute Gasteiger partial charge is 0.303 e. The van der Waals surface area contributed by atoms with E-state index in [4.69, 9.17) is 20.0 Å². The molecule has 0 aliphatic rings. The summed E-state index contributed by atoms with van der Waals surface area (Å²) in [5.41, 5.74) is 4.64. The van der Waals surface area contributed by atoms with E-state index in [-0.39, 0.29) is 37.2 Å². The number of hydrogen-bond donors (Lipinski definition) is 4. The van der Waals surface area contributed by atoms with Gasteiger partial charge in [-0.15, -0.1) is 9.98 Å². The number of carbonyl (C=O) groups is 4. The molecule has 32 heavy (non-hydrogen) atoms. The number of amides is 2. The first-order valence-corrected chi connectivity index (χ1v) is 10.1. The lowest BCUT2D eigenvalue weighted by Crippen LogP contribution is -2.25. The Bertz CT molecular complexity index is 663. The van der Waals surface area contributed by atoms with Crippen molar-refractivity contribution in [2.45, 2.75) is 51.4 Å². The lowest BCUT2D eigenvalue weighted by molar-refractivity contribution is -0.324. The molecule has 12 heteroatoms. The van der Waals surface area contributed by atoms with Gasteiger partial charge in [0.1, 0.15) is 0 Å². The highest BCUT2D eigenvalue weighted by molar-refractivity contribution is 5.97. The van der Waals surface area contributed by atoms with Crippen LogP contribution in [0.25, 0.3) is 0 Å². The van der Waals surface area contributed by atoms with Crippen molar-refractivity contribution < 1.29 is 49.1 Å². The topological polar surface area (TPSA) is 170 Å². The molecular formula is C20H28N2O10. The van der Waals surface area contributed by atoms with Gasteiger partial charge in [-0.25, -0.2) is 9.78 Å². The van der Waals surface area contributed by atoms with Crippen molar-refractivity contribution in [3.05, 3.63) is 35.4 Å². The van der Waals surface area contributed by atoms with Crippen LogP contribution in [0.5, 0.6) is 0 Å². The molecule has 2 amide bonds. The van der Waals surface area contributed by atoms with Gasteiger partial charge < -0.3 is 10.2 Å². The third kappa shape index (κ3) is 13.3. The van der Waals surface area contributed by atoms with Crippen LogP contribution < -0.4 is 11.0 Å². The van der Waals surface area contributed by atoms with Crippen LogP contribution in [0.3, 0.4) is 0 Å². The summed E-state index contributed by atoms with van der Waals surface area (Å²) >= 11 is 0. The first-order chi connectivity index (χ1) is 15.4. The Labute approximate surface area is 184 Å². The first-order valence-electron chi connectivity index (χ1n) is 10.1. The summed E-state index contributed by atoms with van der Waals surface area (Å²) in [6.45, 7) is 0.396. The monoisotopic (exact) mass is 456 g/mol. The van der Waals surface area contributed by atoms with Gasteiger partial charge in [-0.1, -0.05) is 12.8 Å². The summed E-state index contributed by atoms with van der Waals surface area (Å²) in [6, 6.07) is 5.62. The number of unbranched alkanes of at least 4 members (excludes halogenated alkanes) is 4. The van der Waals surface area contributed by atoms with Crippen molar-refractivity contribution in [1.82, 2.24) is 11.0 Å². The molecule has 1 aromatic carbocycles. The van der Waals surface area contributed by atoms with E-state index in [1.54, 1.807) is 0 Å². The molecule has 0 aliphatic heterocycles. The normalized spacial score (nSPS) is 10.5. The van der Waals surface area contributed by atoms with Crippen molar-refractivity contribution >= 4 is 23.8 Å². The van der Waals surface area contributed by atoms with Gasteiger partial charge in [0.2, 0.25) is 0 Å². The number of benzene rings is 1. The first kappa shape index (κ1) is 27.0. The minimum atomic E-state index is -0.847. The largest absolute Gasteiger partial charge is 0.481 e. The van der Waals surface area contributed by atoms with Crippen molar-refractivity contribution in [3.63, 3.8) is 0 Å². The second kappa shape index (κ2) is 16.6. The van der Waals surface area contributed by atoms with Crippen LogP contribution in [0.15, 0.2) is 24.3 Å². The fourth-order valence-corrected chi connectivity index (χ4v) is 2.34. The zero-order valence-electron chi connectivity index (χ0n) is 17.5. The highest BCUT2D eigenvalue weighted by atomic mass is 17.3. The third-order valence-electron chi connectivity index (χ3n) is 4.03. The molecule has 12 nitrogen and oxygen atoms in total. The molecule has 0 aromatic heterocycles. The van der Waals surface area contributed by atoms with Crippen molar-refractivity contribution in [1.29, 1.82) is 0 Å². The lowest BCUT2D eigenvalue weighted by Gasteiger charge is -2.07. The second-order valence-corrected chi connectivity index (χ2v) is 6.66. The molecule has 4 N–H and O–H groups in total. The molecule has 0 atom stereocenters. The SMILES string of the molecule is O=C(O)CCCCCOONC(=O)c1ccc(C(=O)NOOCCCCCC(=O)O)cc1. The standard InChI is InChI=1S/C20H28N2O10/c23-17(24)7-3-1-5-13-29-31-21-19(27)15-9-11-16(12-10-15)20(28)22-32-30-14-6-2-4-8-18(25)26/h9-12H,1-8,13-14H2,(H,21,27)(H,22,28)(H,23,24)(H,25,26). The number of rotatable bonds is 18. The van der Waals surface area contributed by atoms with Crippen LogP contribution >= 0.6 is 0 Å². The number of carbonyl (C=O) groups excluding carboxylic acids is 2. The van der Waals surface area contributed by atoms with Crippen molar-refractivity contribution in [2.75, 3.05) is 13.2 Å². The highest BCUT2D eigenvalue weighted by Crippen LogP contribution is 2.05. The van der Waals surface area contributed by atoms with E-state index in [2.05, 4.69) is 20.9 Å². The molecule has 0 aliphatic carbocycles. The van der Waals surface area contributed by atoms with Crippen LogP contribution in [0.2, 0.25) is 0 Å². The minimum absolute atomic E-state index is 0.0982. The predicted molar refractivity (Wildman–Crippen MR) is 108 cm³/mol. The molecular weight excluding hydrogens is 428 g/mol. The fraction of sp³-hybridized carbons (Fsp3) is 0.500. The summed E-state index contributed by atoms with van der Waals surface area (Å²) < 4.78 is 0. The molecule has 0 saturated carbocycles. The van der Waals surface area contributed by atoms with Gasteiger partial charge in [-0.2, -0.15) is 11.0 Å². The van der Waals surface area contributed by atoms with E-state index in [1.807, 2.05) is 0 Å². The molecule has 1 rings (SSSR count). The van der Waals surface area contributed by atoms with Gasteiger partial charge >= 0.3 is 11.9 Å². The molecule has 0 heterocycles. The number of carboxylic acid groups (broad SMARTS) is 2. The van der Waals surface area contributed by atoms with E-state index >= 15 is 0 Å². The van der Waals surface area contributed by atoms with Crippen molar-refractivity contribution in [2.24, 2.45) is 0 Å². The maximum atomic E-state index is 11.9. The van der Waals surface area contributed by atoms with E-state index in [1.165, 1.54) is 24.3 Å². The number of carboxylic acids is 2. The number of hydroxylamine groups is 2. The van der Waals surface area contributed by atoms with Gasteiger partial charge in [0.25, 0.3) is 11.8 Å². The number of aliphatic carboxylic acids is 2. The van der Waals surface area contributed by atoms with E-state index in [9.17, 15) is 19.2 Å². The molecule has 0 unspecified atom stereocenters. The van der Waals surface area contributed by atoms with Gasteiger partial charge in [0, 0.05) is 24.0 Å². The summed E-state index contributed by atoms with van der Waals surface area (Å²) in [7, 11) is 0.